The van der Waals surface area contributed by atoms with Crippen molar-refractivity contribution in [1.82, 2.24) is 0 Å². The number of sulfone groups is 1. The van der Waals surface area contributed by atoms with Crippen LogP contribution in [-0.4, -0.2) is 8.42 Å². The van der Waals surface area contributed by atoms with Crippen LogP contribution >= 0.6 is 15.9 Å². The lowest BCUT2D eigenvalue weighted by Gasteiger charge is -2.04. The standard InChI is InChI=1S/C15H9BrFNO2S/c16-15-4-2-1-3-11(15)9-14(10-18)21(19,20)13-7-5-12(17)6-8-13/h1-9H. The van der Waals surface area contributed by atoms with Gasteiger partial charge in [-0.25, -0.2) is 12.8 Å². The molecule has 21 heavy (non-hydrogen) atoms. The summed E-state index contributed by atoms with van der Waals surface area (Å²) in [4.78, 5) is -0.523. The molecule has 0 saturated heterocycles. The molecule has 6 heteroatoms. The number of nitrogens with zero attached hydrogens (tertiary/aromatic N) is 1. The molecule has 0 aliphatic rings. The monoisotopic (exact) mass is 365 g/mol. The molecule has 0 heterocycles. The average molecular weight is 366 g/mol. The minimum Gasteiger partial charge on any atom is -0.218 e. The Hall–Kier alpha value is -1.97. The van der Waals surface area contributed by atoms with Crippen molar-refractivity contribution in [2.75, 3.05) is 0 Å². The molecule has 0 aliphatic heterocycles. The lowest BCUT2D eigenvalue weighted by Crippen LogP contribution is -2.03. The van der Waals surface area contributed by atoms with Gasteiger partial charge in [0.2, 0.25) is 9.84 Å². The molecule has 0 atom stereocenters. The first-order chi connectivity index (χ1) is 9.95. The number of allylic oxidation sites excluding steroid dienone is 1. The first-order valence-electron chi connectivity index (χ1n) is 5.82. The molecular formula is C15H9BrFNO2S. The predicted molar refractivity (Wildman–Crippen MR) is 81.3 cm³/mol. The first-order valence-corrected chi connectivity index (χ1v) is 8.10. The fraction of sp³-hybridized carbons (Fsp3) is 0. The van der Waals surface area contributed by atoms with Crippen LogP contribution in [0.5, 0.6) is 0 Å². The highest BCUT2D eigenvalue weighted by Gasteiger charge is 2.21. The number of benzene rings is 2. The second-order valence-electron chi connectivity index (χ2n) is 4.10. The van der Waals surface area contributed by atoms with Gasteiger partial charge >= 0.3 is 0 Å². The average Bonchev–Trinajstić information content (AvgIpc) is 2.46. The summed E-state index contributed by atoms with van der Waals surface area (Å²) in [5, 5.41) is 9.14. The van der Waals surface area contributed by atoms with E-state index >= 15 is 0 Å². The molecule has 0 bridgehead atoms. The fourth-order valence-electron chi connectivity index (χ4n) is 1.64. The Bertz CT molecular complexity index is 837. The molecule has 0 radical (unpaired) electrons. The molecule has 0 N–H and O–H groups in total. The van der Waals surface area contributed by atoms with E-state index in [0.717, 1.165) is 24.3 Å². The number of hydrogen-bond acceptors (Lipinski definition) is 3. The van der Waals surface area contributed by atoms with Gasteiger partial charge in [0.15, 0.2) is 0 Å². The fourth-order valence-corrected chi connectivity index (χ4v) is 3.19. The molecule has 0 amide bonds. The van der Waals surface area contributed by atoms with Gasteiger partial charge in [0.25, 0.3) is 0 Å². The molecule has 2 aromatic rings. The molecule has 106 valence electrons. The van der Waals surface area contributed by atoms with Crippen LogP contribution in [0.2, 0.25) is 0 Å². The maximum Gasteiger partial charge on any atom is 0.216 e. The van der Waals surface area contributed by atoms with Gasteiger partial charge in [-0.2, -0.15) is 5.26 Å². The molecule has 0 saturated carbocycles. The Labute approximate surface area is 130 Å². The summed E-state index contributed by atoms with van der Waals surface area (Å²) in [5.74, 6) is -0.540. The quantitative estimate of drug-likeness (QED) is 0.611. The van der Waals surface area contributed by atoms with Crippen molar-refractivity contribution in [2.24, 2.45) is 0 Å². The highest BCUT2D eigenvalue weighted by atomic mass is 79.9. The first kappa shape index (κ1) is 15.4. The molecule has 0 fully saturated rings. The lowest BCUT2D eigenvalue weighted by molar-refractivity contribution is 0.601. The van der Waals surface area contributed by atoms with Crippen molar-refractivity contribution in [3.63, 3.8) is 0 Å². The van der Waals surface area contributed by atoms with Crippen LogP contribution < -0.4 is 0 Å². The van der Waals surface area contributed by atoms with Gasteiger partial charge in [-0.3, -0.25) is 0 Å². The van der Waals surface area contributed by atoms with E-state index in [1.165, 1.54) is 6.08 Å². The zero-order chi connectivity index (χ0) is 15.5. The van der Waals surface area contributed by atoms with Gasteiger partial charge in [-0.15, -0.1) is 0 Å². The predicted octanol–water partition coefficient (Wildman–Crippen LogP) is 3.93. The summed E-state index contributed by atoms with van der Waals surface area (Å²) in [5.41, 5.74) is 0.569. The number of hydrogen-bond donors (Lipinski definition) is 0. The van der Waals surface area contributed by atoms with Crippen molar-refractivity contribution >= 4 is 31.8 Å². The Morgan fingerprint density at radius 2 is 1.76 bits per heavy atom. The van der Waals surface area contributed by atoms with Crippen molar-refractivity contribution in [3.05, 3.63) is 69.3 Å². The zero-order valence-corrected chi connectivity index (χ0v) is 13.0. The Morgan fingerprint density at radius 3 is 2.33 bits per heavy atom. The minimum absolute atomic E-state index is 0.122. The van der Waals surface area contributed by atoms with Crippen molar-refractivity contribution in [1.29, 1.82) is 5.26 Å². The van der Waals surface area contributed by atoms with Gasteiger partial charge < -0.3 is 0 Å². The van der Waals surface area contributed by atoms with Crippen molar-refractivity contribution < 1.29 is 12.8 Å². The van der Waals surface area contributed by atoms with Gasteiger partial charge in [0.1, 0.15) is 16.8 Å². The highest BCUT2D eigenvalue weighted by Crippen LogP contribution is 2.24. The molecule has 2 aromatic carbocycles. The van der Waals surface area contributed by atoms with Gasteiger partial charge in [0, 0.05) is 4.47 Å². The van der Waals surface area contributed by atoms with E-state index in [-0.39, 0.29) is 4.90 Å². The topological polar surface area (TPSA) is 57.9 Å². The molecule has 0 unspecified atom stereocenters. The summed E-state index contributed by atoms with van der Waals surface area (Å²) >= 11 is 3.29. The van der Waals surface area contributed by atoms with E-state index in [9.17, 15) is 12.8 Å². The summed E-state index contributed by atoms with van der Waals surface area (Å²) in [7, 11) is -3.97. The van der Waals surface area contributed by atoms with Gasteiger partial charge in [-0.05, 0) is 42.0 Å². The largest absolute Gasteiger partial charge is 0.218 e. The van der Waals surface area contributed by atoms with Crippen LogP contribution in [0.3, 0.4) is 0 Å². The molecule has 2 rings (SSSR count). The lowest BCUT2D eigenvalue weighted by atomic mass is 10.2. The molecule has 0 aliphatic carbocycles. The van der Waals surface area contributed by atoms with Crippen molar-refractivity contribution in [3.8, 4) is 6.07 Å². The van der Waals surface area contributed by atoms with Gasteiger partial charge in [0.05, 0.1) is 4.90 Å². The van der Waals surface area contributed by atoms with E-state index in [2.05, 4.69) is 15.9 Å². The summed E-state index contributed by atoms with van der Waals surface area (Å²) in [6, 6.07) is 13.0. The second-order valence-corrected chi connectivity index (χ2v) is 6.87. The van der Waals surface area contributed by atoms with E-state index in [1.807, 2.05) is 0 Å². The van der Waals surface area contributed by atoms with Crippen LogP contribution in [0, 0.1) is 17.1 Å². The Morgan fingerprint density at radius 1 is 1.14 bits per heavy atom. The van der Waals surface area contributed by atoms with Crippen LogP contribution in [0.1, 0.15) is 5.56 Å². The SMILES string of the molecule is N#CC(=Cc1ccccc1Br)S(=O)(=O)c1ccc(F)cc1. The molecular weight excluding hydrogens is 357 g/mol. The van der Waals surface area contributed by atoms with E-state index in [4.69, 9.17) is 5.26 Å². The van der Waals surface area contributed by atoms with Crippen molar-refractivity contribution in [2.45, 2.75) is 4.90 Å². The Balaban J connectivity index is 2.53. The highest BCUT2D eigenvalue weighted by molar-refractivity contribution is 9.10. The van der Waals surface area contributed by atoms with E-state index in [1.54, 1.807) is 30.3 Å². The van der Waals surface area contributed by atoms with Gasteiger partial charge in [-0.1, -0.05) is 34.1 Å². The summed E-state index contributed by atoms with van der Waals surface area (Å²) < 4.78 is 38.3. The number of nitriles is 1. The maximum atomic E-state index is 12.9. The summed E-state index contributed by atoms with van der Waals surface area (Å²) in [6.07, 6.45) is 1.28. The smallest absolute Gasteiger partial charge is 0.216 e. The third kappa shape index (κ3) is 3.38. The normalized spacial score (nSPS) is 12.0. The third-order valence-electron chi connectivity index (χ3n) is 2.72. The molecule has 3 nitrogen and oxygen atoms in total. The van der Waals surface area contributed by atoms with Crippen LogP contribution in [0.15, 0.2) is 62.8 Å². The van der Waals surface area contributed by atoms with E-state index < -0.39 is 20.6 Å². The van der Waals surface area contributed by atoms with Crippen LogP contribution in [0.25, 0.3) is 6.08 Å². The number of rotatable bonds is 3. The van der Waals surface area contributed by atoms with Crippen LogP contribution in [-0.2, 0) is 9.84 Å². The zero-order valence-electron chi connectivity index (χ0n) is 10.6. The molecule has 0 spiro atoms. The Kier molecular flexibility index (Phi) is 4.56. The molecule has 0 aromatic heterocycles. The second kappa shape index (κ2) is 6.20. The van der Waals surface area contributed by atoms with Crippen LogP contribution in [0.4, 0.5) is 4.39 Å². The summed E-state index contributed by atoms with van der Waals surface area (Å²) in [6.45, 7) is 0. The minimum atomic E-state index is -3.97. The third-order valence-corrected chi connectivity index (χ3v) is 5.12. The number of halogens is 2. The van der Waals surface area contributed by atoms with E-state index in [0.29, 0.717) is 10.0 Å². The maximum absolute atomic E-state index is 12.9.